The number of esters is 1. The fourth-order valence-corrected chi connectivity index (χ4v) is 4.53. The van der Waals surface area contributed by atoms with Crippen LogP contribution in [-0.4, -0.2) is 33.5 Å². The molecular formula is C19H26O5. The third-order valence-corrected chi connectivity index (χ3v) is 6.71. The monoisotopic (exact) mass is 334 g/mol. The van der Waals surface area contributed by atoms with Gasteiger partial charge >= 0.3 is 5.97 Å². The maximum atomic E-state index is 12.3. The number of carbonyl (C=O) groups is 1. The second kappa shape index (κ2) is 5.66. The SMILES string of the molecule is CC1(C)C2CCC1(C)C(OC(=O)[C@@H](O)Cc1ccc(O)c(O)c1)C2. The van der Waals surface area contributed by atoms with Crippen LogP contribution in [0.2, 0.25) is 0 Å². The first-order chi connectivity index (χ1) is 11.1. The Labute approximate surface area is 142 Å². The molecule has 0 amide bonds. The Hall–Kier alpha value is -1.75. The van der Waals surface area contributed by atoms with Crippen LogP contribution in [0.4, 0.5) is 0 Å². The highest BCUT2D eigenvalue weighted by atomic mass is 16.6. The summed E-state index contributed by atoms with van der Waals surface area (Å²) in [5, 5.41) is 29.0. The first kappa shape index (κ1) is 17.1. The van der Waals surface area contributed by atoms with Crippen LogP contribution in [0.15, 0.2) is 18.2 Å². The second-order valence-corrected chi connectivity index (χ2v) is 8.08. The van der Waals surface area contributed by atoms with Crippen molar-refractivity contribution in [3.63, 3.8) is 0 Å². The molecule has 132 valence electrons. The van der Waals surface area contributed by atoms with Crippen molar-refractivity contribution in [2.45, 2.75) is 58.7 Å². The third-order valence-electron chi connectivity index (χ3n) is 6.71. The van der Waals surface area contributed by atoms with Gasteiger partial charge < -0.3 is 20.1 Å². The minimum absolute atomic E-state index is 0.0378. The average molecular weight is 334 g/mol. The number of rotatable bonds is 4. The van der Waals surface area contributed by atoms with E-state index < -0.39 is 12.1 Å². The fraction of sp³-hybridized carbons (Fsp3) is 0.632. The lowest BCUT2D eigenvalue weighted by atomic mass is 9.70. The number of fused-ring (bicyclic) bond motifs is 2. The van der Waals surface area contributed by atoms with Crippen molar-refractivity contribution in [3.8, 4) is 11.5 Å². The number of benzene rings is 1. The first-order valence-corrected chi connectivity index (χ1v) is 8.54. The van der Waals surface area contributed by atoms with E-state index in [1.54, 1.807) is 6.07 Å². The van der Waals surface area contributed by atoms with E-state index in [1.165, 1.54) is 18.6 Å². The predicted molar refractivity (Wildman–Crippen MR) is 88.6 cm³/mol. The van der Waals surface area contributed by atoms with Crippen molar-refractivity contribution in [1.29, 1.82) is 0 Å². The Morgan fingerprint density at radius 2 is 2.00 bits per heavy atom. The number of hydrogen-bond acceptors (Lipinski definition) is 5. The summed E-state index contributed by atoms with van der Waals surface area (Å²) in [6.45, 7) is 6.67. The Morgan fingerprint density at radius 1 is 1.29 bits per heavy atom. The smallest absolute Gasteiger partial charge is 0.335 e. The topological polar surface area (TPSA) is 87.0 Å². The Bertz CT molecular complexity index is 653. The number of hydrogen-bond donors (Lipinski definition) is 3. The summed E-state index contributed by atoms with van der Waals surface area (Å²) >= 11 is 0. The number of aliphatic hydroxyl groups is 1. The van der Waals surface area contributed by atoms with Gasteiger partial charge in [-0.2, -0.15) is 0 Å². The van der Waals surface area contributed by atoms with E-state index in [9.17, 15) is 20.1 Å². The Kier molecular flexibility index (Phi) is 4.03. The number of carbonyl (C=O) groups excluding carboxylic acids is 1. The van der Waals surface area contributed by atoms with Crippen LogP contribution in [0.3, 0.4) is 0 Å². The van der Waals surface area contributed by atoms with Gasteiger partial charge in [-0.1, -0.05) is 26.8 Å². The zero-order valence-corrected chi connectivity index (χ0v) is 14.5. The minimum Gasteiger partial charge on any atom is -0.504 e. The van der Waals surface area contributed by atoms with E-state index in [1.807, 2.05) is 0 Å². The minimum atomic E-state index is -1.28. The van der Waals surface area contributed by atoms with Gasteiger partial charge in [-0.3, -0.25) is 0 Å². The lowest BCUT2D eigenvalue weighted by molar-refractivity contribution is -0.166. The molecule has 0 aliphatic heterocycles. The zero-order chi connectivity index (χ0) is 17.7. The van der Waals surface area contributed by atoms with Crippen molar-refractivity contribution < 1.29 is 24.9 Å². The molecule has 3 unspecified atom stereocenters. The van der Waals surface area contributed by atoms with Crippen LogP contribution in [-0.2, 0) is 16.0 Å². The molecular weight excluding hydrogens is 308 g/mol. The number of phenolic OH excluding ortho intramolecular Hbond substituents is 2. The van der Waals surface area contributed by atoms with Crippen molar-refractivity contribution in [2.24, 2.45) is 16.7 Å². The van der Waals surface area contributed by atoms with Gasteiger partial charge in [0.25, 0.3) is 0 Å². The van der Waals surface area contributed by atoms with E-state index in [0.717, 1.165) is 12.8 Å². The van der Waals surface area contributed by atoms with E-state index in [-0.39, 0.29) is 34.9 Å². The van der Waals surface area contributed by atoms with Gasteiger partial charge in [-0.25, -0.2) is 4.79 Å². The highest BCUT2D eigenvalue weighted by Crippen LogP contribution is 2.66. The molecule has 0 radical (unpaired) electrons. The van der Waals surface area contributed by atoms with Gasteiger partial charge in [0.05, 0.1) is 0 Å². The highest BCUT2D eigenvalue weighted by Gasteiger charge is 2.63. The van der Waals surface area contributed by atoms with Crippen molar-refractivity contribution in [3.05, 3.63) is 23.8 Å². The van der Waals surface area contributed by atoms with E-state index >= 15 is 0 Å². The van der Waals surface area contributed by atoms with Crippen LogP contribution < -0.4 is 0 Å². The summed E-state index contributed by atoms with van der Waals surface area (Å²) in [5.41, 5.74) is 0.671. The second-order valence-electron chi connectivity index (χ2n) is 8.08. The van der Waals surface area contributed by atoms with Crippen molar-refractivity contribution in [1.82, 2.24) is 0 Å². The summed E-state index contributed by atoms with van der Waals surface area (Å²) in [7, 11) is 0. The molecule has 4 atom stereocenters. The fourth-order valence-electron chi connectivity index (χ4n) is 4.53. The van der Waals surface area contributed by atoms with Crippen LogP contribution >= 0.6 is 0 Å². The van der Waals surface area contributed by atoms with Crippen LogP contribution in [0, 0.1) is 16.7 Å². The molecule has 2 bridgehead atoms. The predicted octanol–water partition coefficient (Wildman–Crippen LogP) is 2.76. The zero-order valence-electron chi connectivity index (χ0n) is 14.5. The summed E-state index contributed by atoms with van der Waals surface area (Å²) in [6.07, 6.45) is 1.70. The normalized spacial score (nSPS) is 31.8. The number of ether oxygens (including phenoxy) is 1. The highest BCUT2D eigenvalue weighted by molar-refractivity contribution is 5.75. The Morgan fingerprint density at radius 3 is 2.54 bits per heavy atom. The molecule has 5 nitrogen and oxygen atoms in total. The Balaban J connectivity index is 1.64. The van der Waals surface area contributed by atoms with Gasteiger partial charge in [0, 0.05) is 11.8 Å². The molecule has 2 saturated carbocycles. The molecule has 2 aliphatic rings. The number of aliphatic hydroxyl groups excluding tert-OH is 1. The molecule has 1 aromatic rings. The van der Waals surface area contributed by atoms with Gasteiger partial charge in [0.15, 0.2) is 17.6 Å². The standard InChI is InChI=1S/C19H26O5/c1-18(2)12-6-7-19(18,3)16(10-12)24-17(23)15(22)9-11-4-5-13(20)14(21)8-11/h4-5,8,12,15-16,20-22H,6-7,9-10H2,1-3H3/t12?,15-,16?,19?/m0/s1. The molecule has 5 heteroatoms. The molecule has 0 spiro atoms. The van der Waals surface area contributed by atoms with Crippen LogP contribution in [0.25, 0.3) is 0 Å². The molecule has 2 fully saturated rings. The summed E-state index contributed by atoms with van der Waals surface area (Å²) in [4.78, 5) is 12.3. The lowest BCUT2D eigenvalue weighted by Gasteiger charge is -2.38. The largest absolute Gasteiger partial charge is 0.504 e. The van der Waals surface area contributed by atoms with E-state index in [0.29, 0.717) is 11.5 Å². The number of phenols is 2. The quantitative estimate of drug-likeness (QED) is 0.582. The molecule has 0 aromatic heterocycles. The summed E-state index contributed by atoms with van der Waals surface area (Å²) in [6, 6.07) is 4.24. The van der Waals surface area contributed by atoms with Gasteiger partial charge in [-0.05, 0) is 48.3 Å². The van der Waals surface area contributed by atoms with Gasteiger partial charge in [0.1, 0.15) is 6.10 Å². The molecule has 2 aliphatic carbocycles. The lowest BCUT2D eigenvalue weighted by Crippen LogP contribution is -2.40. The third kappa shape index (κ3) is 2.55. The summed E-state index contributed by atoms with van der Waals surface area (Å²) in [5.74, 6) is -0.549. The van der Waals surface area contributed by atoms with E-state index in [4.69, 9.17) is 4.74 Å². The first-order valence-electron chi connectivity index (χ1n) is 8.54. The number of aromatic hydroxyl groups is 2. The molecule has 3 rings (SSSR count). The van der Waals surface area contributed by atoms with E-state index in [2.05, 4.69) is 20.8 Å². The van der Waals surface area contributed by atoms with Crippen LogP contribution in [0.1, 0.15) is 45.6 Å². The maximum Gasteiger partial charge on any atom is 0.335 e. The molecule has 0 saturated heterocycles. The van der Waals surface area contributed by atoms with Gasteiger partial charge in [0.2, 0.25) is 0 Å². The van der Waals surface area contributed by atoms with Crippen molar-refractivity contribution in [2.75, 3.05) is 0 Å². The molecule has 1 aromatic carbocycles. The molecule has 0 heterocycles. The van der Waals surface area contributed by atoms with Crippen LogP contribution in [0.5, 0.6) is 11.5 Å². The molecule has 24 heavy (non-hydrogen) atoms. The van der Waals surface area contributed by atoms with Crippen molar-refractivity contribution >= 4 is 5.97 Å². The summed E-state index contributed by atoms with van der Waals surface area (Å²) < 4.78 is 5.67. The average Bonchev–Trinajstić information content (AvgIpc) is 2.84. The molecule has 3 N–H and O–H groups in total. The maximum absolute atomic E-state index is 12.3. The van der Waals surface area contributed by atoms with Gasteiger partial charge in [-0.15, -0.1) is 0 Å².